The molecular weight excluding hydrogens is 268 g/mol. The Morgan fingerprint density at radius 2 is 1.85 bits per heavy atom. The van der Waals surface area contributed by atoms with Crippen molar-refractivity contribution < 1.29 is 4.42 Å². The average molecular weight is 284 g/mol. The number of para-hydroxylation sites is 1. The molecule has 0 saturated heterocycles. The van der Waals surface area contributed by atoms with Crippen LogP contribution in [0.5, 0.6) is 0 Å². The van der Waals surface area contributed by atoms with Crippen LogP contribution in [0, 0.1) is 0 Å². The summed E-state index contributed by atoms with van der Waals surface area (Å²) in [5, 5.41) is 1.09. The number of benzene rings is 2. The van der Waals surface area contributed by atoms with E-state index in [0.29, 0.717) is 0 Å². The number of furan rings is 1. The summed E-state index contributed by atoms with van der Waals surface area (Å²) >= 11 is 1.70. The highest BCUT2D eigenvalue weighted by Gasteiger charge is 2.19. The Hall–Kier alpha value is -1.75. The molecule has 3 nitrogen and oxygen atoms in total. The van der Waals surface area contributed by atoms with E-state index >= 15 is 0 Å². The van der Waals surface area contributed by atoms with Crippen LogP contribution in [0.1, 0.15) is 17.4 Å². The van der Waals surface area contributed by atoms with Crippen LogP contribution in [-0.2, 0) is 0 Å². The smallest absolute Gasteiger partial charge is 0.134 e. The van der Waals surface area contributed by atoms with Gasteiger partial charge in [-0.25, -0.2) is 5.43 Å². The maximum absolute atomic E-state index is 5.92. The highest BCUT2D eigenvalue weighted by atomic mass is 32.2. The van der Waals surface area contributed by atoms with Gasteiger partial charge in [-0.2, -0.15) is 0 Å². The summed E-state index contributed by atoms with van der Waals surface area (Å²) in [5.41, 5.74) is 4.87. The zero-order valence-electron chi connectivity index (χ0n) is 11.2. The maximum Gasteiger partial charge on any atom is 0.134 e. The molecule has 2 aromatic carbocycles. The number of nitrogens with two attached hydrogens (primary N) is 1. The van der Waals surface area contributed by atoms with Crippen molar-refractivity contribution >= 4 is 22.7 Å². The summed E-state index contributed by atoms with van der Waals surface area (Å²) < 4.78 is 5.92. The maximum atomic E-state index is 5.92. The van der Waals surface area contributed by atoms with Crippen LogP contribution in [0.25, 0.3) is 11.0 Å². The zero-order valence-corrected chi connectivity index (χ0v) is 12.0. The summed E-state index contributed by atoms with van der Waals surface area (Å²) in [6.45, 7) is 0. The third kappa shape index (κ3) is 2.33. The molecule has 0 saturated carbocycles. The Kier molecular flexibility index (Phi) is 3.78. The quantitative estimate of drug-likeness (QED) is 0.436. The second-order valence-electron chi connectivity index (χ2n) is 4.53. The number of hydrazine groups is 1. The van der Waals surface area contributed by atoms with E-state index in [1.165, 1.54) is 4.90 Å². The van der Waals surface area contributed by atoms with Crippen molar-refractivity contribution in [2.24, 2.45) is 5.84 Å². The first-order valence-corrected chi connectivity index (χ1v) is 7.63. The fourth-order valence-electron chi connectivity index (χ4n) is 2.37. The van der Waals surface area contributed by atoms with Gasteiger partial charge < -0.3 is 4.42 Å². The number of thioether (sulfide) groups is 1. The molecule has 3 N–H and O–H groups in total. The van der Waals surface area contributed by atoms with Crippen LogP contribution < -0.4 is 11.3 Å². The van der Waals surface area contributed by atoms with Gasteiger partial charge in [0.25, 0.3) is 0 Å². The van der Waals surface area contributed by atoms with Crippen molar-refractivity contribution in [2.75, 3.05) is 6.26 Å². The molecule has 3 rings (SSSR count). The first-order chi connectivity index (χ1) is 9.83. The minimum Gasteiger partial charge on any atom is -0.459 e. The molecule has 1 aromatic heterocycles. The van der Waals surface area contributed by atoms with Crippen molar-refractivity contribution in [3.8, 4) is 0 Å². The number of hydrogen-bond donors (Lipinski definition) is 2. The van der Waals surface area contributed by atoms with Gasteiger partial charge in [-0.05, 0) is 30.0 Å². The van der Waals surface area contributed by atoms with E-state index in [4.69, 9.17) is 10.3 Å². The Bertz CT molecular complexity index is 690. The van der Waals surface area contributed by atoms with Crippen molar-refractivity contribution in [2.45, 2.75) is 10.9 Å². The second-order valence-corrected chi connectivity index (χ2v) is 5.38. The molecule has 4 heteroatoms. The van der Waals surface area contributed by atoms with E-state index < -0.39 is 0 Å². The predicted molar refractivity (Wildman–Crippen MR) is 83.6 cm³/mol. The lowest BCUT2D eigenvalue weighted by atomic mass is 10.0. The number of nitrogens with one attached hydrogen (secondary N) is 1. The van der Waals surface area contributed by atoms with Crippen molar-refractivity contribution in [1.29, 1.82) is 0 Å². The van der Waals surface area contributed by atoms with E-state index in [1.54, 1.807) is 11.8 Å². The van der Waals surface area contributed by atoms with Crippen LogP contribution in [0.3, 0.4) is 0 Å². The predicted octanol–water partition coefficient (Wildman–Crippen LogP) is 3.71. The van der Waals surface area contributed by atoms with Crippen LogP contribution in [0.2, 0.25) is 0 Å². The van der Waals surface area contributed by atoms with Gasteiger partial charge in [-0.15, -0.1) is 11.8 Å². The molecule has 1 unspecified atom stereocenters. The Morgan fingerprint density at radius 1 is 1.10 bits per heavy atom. The van der Waals surface area contributed by atoms with Gasteiger partial charge in [-0.3, -0.25) is 5.84 Å². The van der Waals surface area contributed by atoms with E-state index in [1.807, 2.05) is 42.5 Å². The standard InChI is InChI=1S/C16H16N2OS/c1-20-15-9-5-3-7-12(15)16(18-17)14-10-11-6-2-4-8-13(11)19-14/h2-10,16,18H,17H2,1H3. The highest BCUT2D eigenvalue weighted by molar-refractivity contribution is 7.98. The van der Waals surface area contributed by atoms with Crippen molar-refractivity contribution in [3.05, 3.63) is 65.9 Å². The SMILES string of the molecule is CSc1ccccc1C(NN)c1cc2ccccc2o1. The minimum atomic E-state index is -0.147. The Labute approximate surface area is 122 Å². The summed E-state index contributed by atoms with van der Waals surface area (Å²) in [6, 6.07) is 18.1. The van der Waals surface area contributed by atoms with Gasteiger partial charge in [0.05, 0.1) is 0 Å². The summed E-state index contributed by atoms with van der Waals surface area (Å²) in [7, 11) is 0. The molecule has 1 atom stereocenters. The van der Waals surface area contributed by atoms with Gasteiger partial charge in [-0.1, -0.05) is 36.4 Å². The lowest BCUT2D eigenvalue weighted by Crippen LogP contribution is -2.28. The molecule has 0 fully saturated rings. The summed E-state index contributed by atoms with van der Waals surface area (Å²) in [6.07, 6.45) is 2.06. The van der Waals surface area contributed by atoms with E-state index in [9.17, 15) is 0 Å². The Morgan fingerprint density at radius 3 is 2.60 bits per heavy atom. The van der Waals surface area contributed by atoms with Gasteiger partial charge in [0, 0.05) is 10.3 Å². The molecule has 0 aliphatic rings. The molecule has 0 radical (unpaired) electrons. The number of rotatable bonds is 4. The van der Waals surface area contributed by atoms with Crippen LogP contribution >= 0.6 is 11.8 Å². The molecule has 0 amide bonds. The molecular formula is C16H16N2OS. The van der Waals surface area contributed by atoms with E-state index in [0.717, 1.165) is 22.3 Å². The fraction of sp³-hybridized carbons (Fsp3) is 0.125. The third-order valence-electron chi connectivity index (χ3n) is 3.35. The van der Waals surface area contributed by atoms with Crippen LogP contribution in [0.15, 0.2) is 63.9 Å². The van der Waals surface area contributed by atoms with Crippen LogP contribution in [-0.4, -0.2) is 6.26 Å². The fourth-order valence-corrected chi connectivity index (χ4v) is 3.01. The lowest BCUT2D eigenvalue weighted by Gasteiger charge is -2.16. The monoisotopic (exact) mass is 284 g/mol. The second kappa shape index (κ2) is 5.71. The van der Waals surface area contributed by atoms with Crippen molar-refractivity contribution in [1.82, 2.24) is 5.43 Å². The Balaban J connectivity index is 2.09. The van der Waals surface area contributed by atoms with Crippen molar-refractivity contribution in [3.63, 3.8) is 0 Å². The normalized spacial score (nSPS) is 12.7. The van der Waals surface area contributed by atoms with E-state index in [2.05, 4.69) is 23.8 Å². The molecule has 0 aliphatic heterocycles. The molecule has 0 spiro atoms. The number of hydrogen-bond acceptors (Lipinski definition) is 4. The third-order valence-corrected chi connectivity index (χ3v) is 4.16. The summed E-state index contributed by atoms with van der Waals surface area (Å²) in [4.78, 5) is 1.19. The van der Waals surface area contributed by atoms with Gasteiger partial charge in [0.2, 0.25) is 0 Å². The van der Waals surface area contributed by atoms with Crippen LogP contribution in [0.4, 0.5) is 0 Å². The minimum absolute atomic E-state index is 0.147. The van der Waals surface area contributed by atoms with Gasteiger partial charge >= 0.3 is 0 Å². The zero-order chi connectivity index (χ0) is 13.9. The average Bonchev–Trinajstić information content (AvgIpc) is 2.92. The lowest BCUT2D eigenvalue weighted by molar-refractivity contribution is 0.474. The topological polar surface area (TPSA) is 51.2 Å². The van der Waals surface area contributed by atoms with Gasteiger partial charge in [0.1, 0.15) is 17.4 Å². The molecule has 0 aliphatic carbocycles. The molecule has 20 heavy (non-hydrogen) atoms. The summed E-state index contributed by atoms with van der Waals surface area (Å²) in [5.74, 6) is 6.59. The largest absolute Gasteiger partial charge is 0.459 e. The molecule has 102 valence electrons. The number of fused-ring (bicyclic) bond motifs is 1. The molecule has 0 bridgehead atoms. The van der Waals surface area contributed by atoms with E-state index in [-0.39, 0.29) is 6.04 Å². The first-order valence-electron chi connectivity index (χ1n) is 6.41. The highest BCUT2D eigenvalue weighted by Crippen LogP contribution is 2.32. The molecule has 3 aromatic rings. The van der Waals surface area contributed by atoms with Gasteiger partial charge in [0.15, 0.2) is 0 Å². The first kappa shape index (κ1) is 13.2. The molecule has 1 heterocycles.